The lowest BCUT2D eigenvalue weighted by Crippen LogP contribution is -2.46. The number of amides is 1. The third kappa shape index (κ3) is 6.19. The molecule has 1 atom stereocenters. The minimum atomic E-state index is -1.04. The van der Waals surface area contributed by atoms with Crippen LogP contribution in [0.1, 0.15) is 38.7 Å². The average Bonchev–Trinajstić information content (AvgIpc) is 2.75. The highest BCUT2D eigenvalue weighted by Gasteiger charge is 2.29. The van der Waals surface area contributed by atoms with E-state index in [9.17, 15) is 14.3 Å². The summed E-state index contributed by atoms with van der Waals surface area (Å²) in [6.07, 6.45) is 1.93. The highest BCUT2D eigenvalue weighted by molar-refractivity contribution is 5.65. The van der Waals surface area contributed by atoms with Crippen LogP contribution in [0.5, 0.6) is 17.5 Å². The number of rotatable bonds is 9. The van der Waals surface area contributed by atoms with Gasteiger partial charge in [0.2, 0.25) is 11.8 Å². The normalized spacial score (nSPS) is 16.2. The van der Waals surface area contributed by atoms with Gasteiger partial charge >= 0.3 is 6.09 Å². The number of ether oxygens (including phenoxy) is 3. The van der Waals surface area contributed by atoms with Crippen LogP contribution >= 0.6 is 0 Å². The van der Waals surface area contributed by atoms with Crippen molar-refractivity contribution < 1.29 is 28.5 Å². The first-order chi connectivity index (χ1) is 15.3. The topological polar surface area (TPSA) is 106 Å². The summed E-state index contributed by atoms with van der Waals surface area (Å²) < 4.78 is 31.6. The van der Waals surface area contributed by atoms with E-state index in [4.69, 9.17) is 14.2 Å². The van der Waals surface area contributed by atoms with Crippen LogP contribution in [0.3, 0.4) is 0 Å². The number of piperidine rings is 1. The van der Waals surface area contributed by atoms with E-state index in [1.54, 1.807) is 13.0 Å². The fraction of sp³-hybridized carbons (Fsp3) is 0.500. The van der Waals surface area contributed by atoms with Crippen molar-refractivity contribution in [3.8, 4) is 17.5 Å². The summed E-state index contributed by atoms with van der Waals surface area (Å²) in [5.74, 6) is -0.203. The van der Waals surface area contributed by atoms with E-state index in [1.807, 2.05) is 13.8 Å². The Morgan fingerprint density at radius 3 is 2.81 bits per heavy atom. The number of carboxylic acid groups (broad SMARTS) is 1. The molecule has 1 aromatic heterocycles. The van der Waals surface area contributed by atoms with Crippen LogP contribution in [0.2, 0.25) is 0 Å². The maximum atomic E-state index is 14.6. The molecule has 174 valence electrons. The van der Waals surface area contributed by atoms with Gasteiger partial charge in [0, 0.05) is 31.3 Å². The molecule has 0 saturated carbocycles. The van der Waals surface area contributed by atoms with Crippen molar-refractivity contribution >= 4 is 11.8 Å². The number of aromatic nitrogens is 2. The van der Waals surface area contributed by atoms with Gasteiger partial charge in [0.1, 0.15) is 6.33 Å². The summed E-state index contributed by atoms with van der Waals surface area (Å²) in [6, 6.07) is 4.55. The average molecular weight is 448 g/mol. The molecule has 1 unspecified atom stereocenters. The smallest absolute Gasteiger partial charge is 0.410 e. The van der Waals surface area contributed by atoms with Gasteiger partial charge < -0.3 is 24.6 Å². The first-order valence-electron chi connectivity index (χ1n) is 10.7. The van der Waals surface area contributed by atoms with E-state index in [1.165, 1.54) is 23.4 Å². The van der Waals surface area contributed by atoms with Crippen LogP contribution in [-0.2, 0) is 4.74 Å². The van der Waals surface area contributed by atoms with Gasteiger partial charge in [-0.3, -0.25) is 4.90 Å². The van der Waals surface area contributed by atoms with E-state index >= 15 is 0 Å². The van der Waals surface area contributed by atoms with Gasteiger partial charge in [-0.1, -0.05) is 0 Å². The highest BCUT2D eigenvalue weighted by Crippen LogP contribution is 2.31. The van der Waals surface area contributed by atoms with E-state index in [0.29, 0.717) is 37.4 Å². The molecule has 0 bridgehead atoms. The van der Waals surface area contributed by atoms with Crippen molar-refractivity contribution in [3.63, 3.8) is 0 Å². The molecule has 1 amide bonds. The van der Waals surface area contributed by atoms with E-state index in [2.05, 4.69) is 15.3 Å². The van der Waals surface area contributed by atoms with Gasteiger partial charge in [-0.15, -0.1) is 0 Å². The van der Waals surface area contributed by atoms with Crippen molar-refractivity contribution in [3.05, 3.63) is 35.9 Å². The Balaban J connectivity index is 1.67. The van der Waals surface area contributed by atoms with Crippen LogP contribution in [0.25, 0.3) is 0 Å². The minimum Gasteiger partial charge on any atom is -0.465 e. The summed E-state index contributed by atoms with van der Waals surface area (Å²) in [5, 5.41) is 12.5. The molecule has 2 heterocycles. The van der Waals surface area contributed by atoms with E-state index in [0.717, 1.165) is 12.8 Å². The Labute approximate surface area is 186 Å². The first-order valence-corrected chi connectivity index (χ1v) is 10.7. The molecule has 0 aliphatic carbocycles. The van der Waals surface area contributed by atoms with Crippen LogP contribution in [0, 0.1) is 12.7 Å². The molecular formula is C22H29FN4O5. The fourth-order valence-corrected chi connectivity index (χ4v) is 3.30. The number of likely N-dealkylation sites (tertiary alicyclic amines) is 1. The van der Waals surface area contributed by atoms with Crippen LogP contribution in [-0.4, -0.2) is 58.1 Å². The van der Waals surface area contributed by atoms with Crippen LogP contribution < -0.4 is 14.8 Å². The van der Waals surface area contributed by atoms with Crippen LogP contribution in [0.4, 0.5) is 14.9 Å². The molecule has 2 aromatic rings. The molecule has 0 spiro atoms. The van der Waals surface area contributed by atoms with Gasteiger partial charge in [-0.05, 0) is 45.7 Å². The molecule has 10 heteroatoms. The van der Waals surface area contributed by atoms with Gasteiger partial charge in [0.05, 0.1) is 18.3 Å². The number of carbonyl (C=O) groups is 1. The summed E-state index contributed by atoms with van der Waals surface area (Å²) in [7, 11) is 0. The number of nitrogens with zero attached hydrogens (tertiary/aromatic N) is 3. The zero-order valence-electron chi connectivity index (χ0n) is 18.5. The zero-order chi connectivity index (χ0) is 23.1. The van der Waals surface area contributed by atoms with Crippen molar-refractivity contribution in [1.82, 2.24) is 14.9 Å². The molecular weight excluding hydrogens is 419 g/mol. The largest absolute Gasteiger partial charge is 0.465 e. The SMILES string of the molecule is Cc1c(Oc2ccc(NCCOC(C)C)cc2F)ncnc1OC1CCCCN1C(=O)O. The third-order valence-corrected chi connectivity index (χ3v) is 4.95. The quantitative estimate of drug-likeness (QED) is 0.543. The van der Waals surface area contributed by atoms with E-state index in [-0.39, 0.29) is 23.6 Å². The molecule has 1 aromatic carbocycles. The predicted octanol–water partition coefficient (Wildman–Crippen LogP) is 4.42. The second kappa shape index (κ2) is 10.9. The number of halogens is 1. The number of nitrogens with one attached hydrogen (secondary N) is 1. The molecule has 32 heavy (non-hydrogen) atoms. The van der Waals surface area contributed by atoms with Gasteiger partial charge in [-0.25, -0.2) is 19.2 Å². The van der Waals surface area contributed by atoms with Crippen molar-refractivity contribution in [1.29, 1.82) is 0 Å². The highest BCUT2D eigenvalue weighted by atomic mass is 19.1. The summed E-state index contributed by atoms with van der Waals surface area (Å²) in [5.41, 5.74) is 1.06. The number of benzene rings is 1. The summed E-state index contributed by atoms with van der Waals surface area (Å²) in [6.45, 7) is 7.06. The molecule has 0 radical (unpaired) electrons. The molecule has 1 fully saturated rings. The van der Waals surface area contributed by atoms with Crippen LogP contribution in [0.15, 0.2) is 24.5 Å². The number of hydrogen-bond acceptors (Lipinski definition) is 7. The summed E-state index contributed by atoms with van der Waals surface area (Å²) >= 11 is 0. The molecule has 1 aliphatic heterocycles. The molecule has 3 rings (SSSR count). The first kappa shape index (κ1) is 23.5. The van der Waals surface area contributed by atoms with Crippen molar-refractivity contribution in [2.24, 2.45) is 0 Å². The maximum Gasteiger partial charge on any atom is 0.410 e. The Morgan fingerprint density at radius 1 is 1.31 bits per heavy atom. The lowest BCUT2D eigenvalue weighted by Gasteiger charge is -2.33. The Morgan fingerprint density at radius 2 is 2.09 bits per heavy atom. The maximum absolute atomic E-state index is 14.6. The standard InChI is InChI=1S/C22H29FN4O5/c1-14(2)30-11-9-24-16-7-8-18(17(23)12-16)31-20-15(3)21(26-13-25-20)32-19-6-4-5-10-27(19)22(28)29/h7-8,12-14,19,24H,4-6,9-11H2,1-3H3,(H,28,29). The fourth-order valence-electron chi connectivity index (χ4n) is 3.30. The Hall–Kier alpha value is -3.14. The van der Waals surface area contributed by atoms with Gasteiger partial charge in [0.25, 0.3) is 0 Å². The number of hydrogen-bond donors (Lipinski definition) is 2. The molecule has 2 N–H and O–H groups in total. The Kier molecular flexibility index (Phi) is 8.04. The third-order valence-electron chi connectivity index (χ3n) is 4.95. The van der Waals surface area contributed by atoms with Crippen molar-refractivity contribution in [2.45, 2.75) is 52.4 Å². The van der Waals surface area contributed by atoms with Gasteiger partial charge in [0.15, 0.2) is 17.8 Å². The summed E-state index contributed by atoms with van der Waals surface area (Å²) in [4.78, 5) is 20.9. The van der Waals surface area contributed by atoms with Crippen molar-refractivity contribution in [2.75, 3.05) is 25.0 Å². The molecule has 1 aliphatic rings. The lowest BCUT2D eigenvalue weighted by molar-refractivity contribution is 0.00273. The van der Waals surface area contributed by atoms with Gasteiger partial charge in [-0.2, -0.15) is 0 Å². The van der Waals surface area contributed by atoms with E-state index < -0.39 is 18.1 Å². The second-order valence-corrected chi connectivity index (χ2v) is 7.75. The predicted molar refractivity (Wildman–Crippen MR) is 116 cm³/mol. The zero-order valence-corrected chi connectivity index (χ0v) is 18.5. The molecule has 1 saturated heterocycles. The molecule has 9 nitrogen and oxygen atoms in total. The number of anilines is 1. The second-order valence-electron chi connectivity index (χ2n) is 7.75. The lowest BCUT2D eigenvalue weighted by atomic mass is 10.1. The minimum absolute atomic E-state index is 0.00607. The monoisotopic (exact) mass is 448 g/mol. The Bertz CT molecular complexity index is 927.